The molecule has 0 N–H and O–H groups in total. The predicted octanol–water partition coefficient (Wildman–Crippen LogP) is 2.71. The van der Waals surface area contributed by atoms with Gasteiger partial charge >= 0.3 is 0 Å². The lowest BCUT2D eigenvalue weighted by molar-refractivity contribution is 0.356. The average molecular weight is 267 g/mol. The summed E-state index contributed by atoms with van der Waals surface area (Å²) < 4.78 is 10.6. The topological polar surface area (TPSA) is 57.1 Å². The highest BCUT2D eigenvalue weighted by molar-refractivity contribution is 5.94. The zero-order chi connectivity index (χ0) is 13.9. The molecular weight excluding hydrogens is 254 g/mol. The molecule has 2 aromatic heterocycles. The number of hydrogen-bond acceptors (Lipinski definition) is 5. The van der Waals surface area contributed by atoms with Crippen molar-refractivity contribution in [1.82, 2.24) is 15.0 Å². The van der Waals surface area contributed by atoms with E-state index < -0.39 is 0 Å². The van der Waals surface area contributed by atoms with Crippen LogP contribution in [-0.4, -0.2) is 29.2 Å². The minimum absolute atomic E-state index is 0.652. The average Bonchev–Trinajstić information content (AvgIpc) is 2.53. The third kappa shape index (κ3) is 2.03. The van der Waals surface area contributed by atoms with Crippen LogP contribution in [0.4, 0.5) is 0 Å². The zero-order valence-corrected chi connectivity index (χ0v) is 11.2. The molecule has 0 aliphatic heterocycles. The molecule has 0 bridgehead atoms. The fraction of sp³-hybridized carbons (Fsp3) is 0.133. The van der Waals surface area contributed by atoms with Crippen molar-refractivity contribution in [3.8, 4) is 22.8 Å². The molecule has 0 fully saturated rings. The standard InChI is InChI=1S/C15H13N3O2/c1-19-13-7-11-12(8-14(13)20-2)17-9-18-15(11)10-3-5-16-6-4-10/h3-9H,1-2H3. The quantitative estimate of drug-likeness (QED) is 0.730. The predicted molar refractivity (Wildman–Crippen MR) is 75.9 cm³/mol. The molecule has 0 saturated carbocycles. The van der Waals surface area contributed by atoms with E-state index in [0.29, 0.717) is 11.5 Å². The Balaban J connectivity index is 2.29. The third-order valence-electron chi connectivity index (χ3n) is 3.09. The van der Waals surface area contributed by atoms with Crippen molar-refractivity contribution in [2.45, 2.75) is 0 Å². The van der Waals surface area contributed by atoms with E-state index in [1.54, 1.807) is 32.9 Å². The summed E-state index contributed by atoms with van der Waals surface area (Å²) in [6.45, 7) is 0. The summed E-state index contributed by atoms with van der Waals surface area (Å²) in [5.41, 5.74) is 2.64. The van der Waals surface area contributed by atoms with Gasteiger partial charge in [-0.1, -0.05) is 0 Å². The second-order valence-corrected chi connectivity index (χ2v) is 4.18. The van der Waals surface area contributed by atoms with Crippen molar-refractivity contribution in [2.24, 2.45) is 0 Å². The van der Waals surface area contributed by atoms with Gasteiger partial charge in [-0.25, -0.2) is 9.97 Å². The van der Waals surface area contributed by atoms with Gasteiger partial charge in [0, 0.05) is 29.4 Å². The molecule has 3 aromatic rings. The van der Waals surface area contributed by atoms with E-state index in [9.17, 15) is 0 Å². The largest absolute Gasteiger partial charge is 0.493 e. The van der Waals surface area contributed by atoms with E-state index in [4.69, 9.17) is 9.47 Å². The Hall–Kier alpha value is -2.69. The van der Waals surface area contributed by atoms with E-state index >= 15 is 0 Å². The number of nitrogens with zero attached hydrogens (tertiary/aromatic N) is 3. The summed E-state index contributed by atoms with van der Waals surface area (Å²) in [5.74, 6) is 1.31. The monoisotopic (exact) mass is 267 g/mol. The van der Waals surface area contributed by atoms with E-state index in [2.05, 4.69) is 15.0 Å². The highest BCUT2D eigenvalue weighted by Crippen LogP contribution is 2.34. The molecule has 1 aromatic carbocycles. The summed E-state index contributed by atoms with van der Waals surface area (Å²) in [7, 11) is 3.22. The van der Waals surface area contributed by atoms with Gasteiger partial charge in [-0.15, -0.1) is 0 Å². The number of pyridine rings is 1. The first-order valence-corrected chi connectivity index (χ1v) is 6.10. The molecule has 0 aliphatic carbocycles. The summed E-state index contributed by atoms with van der Waals surface area (Å²) in [6, 6.07) is 7.57. The van der Waals surface area contributed by atoms with Crippen molar-refractivity contribution >= 4 is 10.9 Å². The maximum Gasteiger partial charge on any atom is 0.162 e. The van der Waals surface area contributed by atoms with Gasteiger partial charge in [0.1, 0.15) is 6.33 Å². The Morgan fingerprint density at radius 1 is 0.900 bits per heavy atom. The van der Waals surface area contributed by atoms with Crippen molar-refractivity contribution in [3.63, 3.8) is 0 Å². The van der Waals surface area contributed by atoms with Crippen molar-refractivity contribution in [1.29, 1.82) is 0 Å². The normalized spacial score (nSPS) is 10.5. The number of fused-ring (bicyclic) bond motifs is 1. The number of aromatic nitrogens is 3. The van der Waals surface area contributed by atoms with Gasteiger partial charge in [-0.2, -0.15) is 0 Å². The van der Waals surface area contributed by atoms with Gasteiger partial charge in [-0.05, 0) is 18.2 Å². The van der Waals surface area contributed by atoms with Crippen LogP contribution in [0.2, 0.25) is 0 Å². The Labute approximate surface area is 116 Å². The Morgan fingerprint density at radius 3 is 2.30 bits per heavy atom. The second-order valence-electron chi connectivity index (χ2n) is 4.18. The summed E-state index contributed by atoms with van der Waals surface area (Å²) in [5, 5.41) is 0.913. The number of methoxy groups -OCH3 is 2. The summed E-state index contributed by atoms with van der Waals surface area (Å²) in [6.07, 6.45) is 5.03. The Morgan fingerprint density at radius 2 is 1.60 bits per heavy atom. The molecule has 0 amide bonds. The van der Waals surface area contributed by atoms with Crippen LogP contribution < -0.4 is 9.47 Å². The highest BCUT2D eigenvalue weighted by atomic mass is 16.5. The lowest BCUT2D eigenvalue weighted by Gasteiger charge is -2.10. The van der Waals surface area contributed by atoms with Crippen LogP contribution in [0.1, 0.15) is 0 Å². The van der Waals surface area contributed by atoms with Crippen LogP contribution in [0.3, 0.4) is 0 Å². The minimum Gasteiger partial charge on any atom is -0.493 e. The van der Waals surface area contributed by atoms with E-state index in [1.807, 2.05) is 24.3 Å². The molecule has 3 rings (SSSR count). The molecule has 100 valence electrons. The summed E-state index contributed by atoms with van der Waals surface area (Å²) in [4.78, 5) is 12.7. The van der Waals surface area contributed by atoms with Crippen molar-refractivity contribution in [3.05, 3.63) is 43.0 Å². The fourth-order valence-corrected chi connectivity index (χ4v) is 2.12. The van der Waals surface area contributed by atoms with Crippen LogP contribution in [0.5, 0.6) is 11.5 Å². The van der Waals surface area contributed by atoms with Crippen LogP contribution in [0.15, 0.2) is 43.0 Å². The number of ether oxygens (including phenoxy) is 2. The van der Waals surface area contributed by atoms with Gasteiger partial charge in [0.2, 0.25) is 0 Å². The lowest BCUT2D eigenvalue weighted by atomic mass is 10.1. The van der Waals surface area contributed by atoms with Crippen LogP contribution in [0, 0.1) is 0 Å². The first-order chi connectivity index (χ1) is 9.83. The van der Waals surface area contributed by atoms with E-state index in [0.717, 1.165) is 22.2 Å². The molecule has 0 unspecified atom stereocenters. The molecule has 0 saturated heterocycles. The molecule has 5 heteroatoms. The minimum atomic E-state index is 0.652. The van der Waals surface area contributed by atoms with E-state index in [1.165, 1.54) is 0 Å². The highest BCUT2D eigenvalue weighted by Gasteiger charge is 2.11. The van der Waals surface area contributed by atoms with Gasteiger partial charge in [0.15, 0.2) is 11.5 Å². The fourth-order valence-electron chi connectivity index (χ4n) is 2.12. The van der Waals surface area contributed by atoms with Gasteiger partial charge < -0.3 is 9.47 Å². The SMILES string of the molecule is COc1cc2ncnc(-c3ccncc3)c2cc1OC. The maximum atomic E-state index is 5.34. The second kappa shape index (κ2) is 5.13. The zero-order valence-electron chi connectivity index (χ0n) is 11.2. The van der Waals surface area contributed by atoms with Crippen molar-refractivity contribution in [2.75, 3.05) is 14.2 Å². The van der Waals surface area contributed by atoms with E-state index in [-0.39, 0.29) is 0 Å². The Kier molecular flexibility index (Phi) is 3.16. The van der Waals surface area contributed by atoms with Gasteiger partial charge in [0.05, 0.1) is 25.4 Å². The Bertz CT molecular complexity index is 745. The molecule has 2 heterocycles. The van der Waals surface area contributed by atoms with Crippen LogP contribution >= 0.6 is 0 Å². The number of benzene rings is 1. The molecule has 20 heavy (non-hydrogen) atoms. The van der Waals surface area contributed by atoms with Crippen molar-refractivity contribution < 1.29 is 9.47 Å². The molecule has 0 radical (unpaired) electrons. The molecule has 5 nitrogen and oxygen atoms in total. The smallest absolute Gasteiger partial charge is 0.162 e. The van der Waals surface area contributed by atoms with Crippen LogP contribution in [0.25, 0.3) is 22.2 Å². The molecule has 0 atom stereocenters. The maximum absolute atomic E-state index is 5.34. The molecule has 0 aliphatic rings. The molecular formula is C15H13N3O2. The lowest BCUT2D eigenvalue weighted by Crippen LogP contribution is -1.94. The van der Waals surface area contributed by atoms with Gasteiger partial charge in [-0.3, -0.25) is 4.98 Å². The van der Waals surface area contributed by atoms with Gasteiger partial charge in [0.25, 0.3) is 0 Å². The number of hydrogen-bond donors (Lipinski definition) is 0. The first-order valence-electron chi connectivity index (χ1n) is 6.10. The third-order valence-corrected chi connectivity index (χ3v) is 3.09. The van der Waals surface area contributed by atoms with Crippen LogP contribution in [-0.2, 0) is 0 Å². The first kappa shape index (κ1) is 12.3. The molecule has 0 spiro atoms. The number of rotatable bonds is 3. The summed E-state index contributed by atoms with van der Waals surface area (Å²) >= 11 is 0.